The smallest absolute Gasteiger partial charge is 0.311 e. The monoisotopic (exact) mass is 330 g/mol. The van der Waals surface area contributed by atoms with Crippen LogP contribution in [-0.2, 0) is 9.59 Å². The summed E-state index contributed by atoms with van der Waals surface area (Å²) in [6, 6.07) is 3.39. The summed E-state index contributed by atoms with van der Waals surface area (Å²) in [4.78, 5) is 26.0. The van der Waals surface area contributed by atoms with Gasteiger partial charge >= 0.3 is 11.8 Å². The van der Waals surface area contributed by atoms with Gasteiger partial charge in [-0.05, 0) is 30.9 Å². The van der Waals surface area contributed by atoms with Crippen LogP contribution in [0.25, 0.3) is 0 Å². The molecule has 7 heteroatoms. The average molecular weight is 331 g/mol. The Morgan fingerprint density at radius 2 is 2.14 bits per heavy atom. The van der Waals surface area contributed by atoms with E-state index in [0.29, 0.717) is 28.2 Å². The molecule has 1 fully saturated rings. The number of piperidine rings is 1. The van der Waals surface area contributed by atoms with Gasteiger partial charge in [-0.3, -0.25) is 9.59 Å². The highest BCUT2D eigenvalue weighted by molar-refractivity contribution is 7.16. The highest BCUT2D eigenvalue weighted by atomic mass is 35.5. The van der Waals surface area contributed by atoms with E-state index in [4.69, 9.17) is 11.6 Å². The van der Waals surface area contributed by atoms with Crippen molar-refractivity contribution >= 4 is 34.8 Å². The van der Waals surface area contributed by atoms with Gasteiger partial charge in [0, 0.05) is 24.5 Å². The normalized spacial score (nSPS) is 17.6. The van der Waals surface area contributed by atoms with Gasteiger partial charge in [-0.1, -0.05) is 18.5 Å². The molecule has 2 amide bonds. The summed E-state index contributed by atoms with van der Waals surface area (Å²) in [5.41, 5.74) is 0. The van der Waals surface area contributed by atoms with Crippen LogP contribution in [0, 0.1) is 5.92 Å². The summed E-state index contributed by atoms with van der Waals surface area (Å²) >= 11 is 7.04. The second-order valence-electron chi connectivity index (χ2n) is 5.34. The van der Waals surface area contributed by atoms with Gasteiger partial charge in [-0.15, -0.1) is 11.3 Å². The lowest BCUT2D eigenvalue weighted by Gasteiger charge is -2.29. The Balaban J connectivity index is 1.80. The lowest BCUT2D eigenvalue weighted by molar-refractivity contribution is -0.146. The highest BCUT2D eigenvalue weighted by Gasteiger charge is 2.25. The first-order chi connectivity index (χ1) is 9.97. The maximum atomic E-state index is 12.0. The van der Waals surface area contributed by atoms with Gasteiger partial charge in [0.05, 0.1) is 4.34 Å². The number of aliphatic hydroxyl groups is 1. The van der Waals surface area contributed by atoms with Crippen LogP contribution in [-0.4, -0.2) is 41.5 Å². The average Bonchev–Trinajstić information content (AvgIpc) is 2.91. The molecule has 21 heavy (non-hydrogen) atoms. The molecule has 1 aliphatic rings. The van der Waals surface area contributed by atoms with E-state index in [1.54, 1.807) is 17.0 Å². The summed E-state index contributed by atoms with van der Waals surface area (Å²) in [6.45, 7) is 3.39. The van der Waals surface area contributed by atoms with Crippen LogP contribution in [0.2, 0.25) is 4.34 Å². The molecule has 5 nitrogen and oxygen atoms in total. The van der Waals surface area contributed by atoms with E-state index in [-0.39, 0.29) is 6.54 Å². The number of amides is 2. The van der Waals surface area contributed by atoms with Crippen LogP contribution in [0.1, 0.15) is 30.7 Å². The number of thiophene rings is 1. The SMILES string of the molecule is CC1CCN(C(=O)C(=O)NCC(O)c2ccc(Cl)s2)CC1. The van der Waals surface area contributed by atoms with Crippen LogP contribution < -0.4 is 5.32 Å². The number of halogens is 1. The summed E-state index contributed by atoms with van der Waals surface area (Å²) in [7, 11) is 0. The lowest BCUT2D eigenvalue weighted by atomic mass is 9.99. The Kier molecular flexibility index (Phi) is 5.61. The quantitative estimate of drug-likeness (QED) is 0.830. The highest BCUT2D eigenvalue weighted by Crippen LogP contribution is 2.26. The van der Waals surface area contributed by atoms with Crippen molar-refractivity contribution in [2.24, 2.45) is 5.92 Å². The maximum absolute atomic E-state index is 12.0. The first kappa shape index (κ1) is 16.3. The minimum absolute atomic E-state index is 0.00561. The third-order valence-electron chi connectivity index (χ3n) is 3.64. The second kappa shape index (κ2) is 7.24. The lowest BCUT2D eigenvalue weighted by Crippen LogP contribution is -2.46. The van der Waals surface area contributed by atoms with Crippen molar-refractivity contribution in [3.8, 4) is 0 Å². The molecule has 2 rings (SSSR count). The van der Waals surface area contributed by atoms with E-state index in [1.165, 1.54) is 11.3 Å². The summed E-state index contributed by atoms with van der Waals surface area (Å²) in [6.07, 6.45) is 1.01. The Labute approximate surface area is 132 Å². The molecule has 0 radical (unpaired) electrons. The number of nitrogens with one attached hydrogen (secondary N) is 1. The maximum Gasteiger partial charge on any atom is 0.311 e. The van der Waals surface area contributed by atoms with Gasteiger partial charge in [0.1, 0.15) is 6.10 Å². The fraction of sp³-hybridized carbons (Fsp3) is 0.571. The summed E-state index contributed by atoms with van der Waals surface area (Å²) in [5.74, 6) is -0.577. The summed E-state index contributed by atoms with van der Waals surface area (Å²) < 4.78 is 0.578. The van der Waals surface area contributed by atoms with E-state index >= 15 is 0 Å². The third kappa shape index (κ3) is 4.43. The molecule has 1 aromatic heterocycles. The fourth-order valence-electron chi connectivity index (χ4n) is 2.23. The number of rotatable bonds is 3. The van der Waals surface area contributed by atoms with Crippen molar-refractivity contribution in [3.05, 3.63) is 21.3 Å². The Morgan fingerprint density at radius 1 is 1.48 bits per heavy atom. The van der Waals surface area contributed by atoms with Crippen LogP contribution in [0.4, 0.5) is 0 Å². The van der Waals surface area contributed by atoms with Gasteiger partial charge in [-0.2, -0.15) is 0 Å². The predicted octanol–water partition coefficient (Wildman–Crippen LogP) is 1.81. The first-order valence-electron chi connectivity index (χ1n) is 6.97. The number of likely N-dealkylation sites (tertiary alicyclic amines) is 1. The molecule has 0 aromatic carbocycles. The minimum atomic E-state index is -0.847. The van der Waals surface area contributed by atoms with E-state index in [9.17, 15) is 14.7 Å². The Bertz CT molecular complexity index is 512. The molecule has 0 spiro atoms. The predicted molar refractivity (Wildman–Crippen MR) is 82.3 cm³/mol. The minimum Gasteiger partial charge on any atom is -0.386 e. The standard InChI is InChI=1S/C14H19ClN2O3S/c1-9-4-6-17(7-5-9)14(20)13(19)16-8-10(18)11-2-3-12(15)21-11/h2-3,9-10,18H,4-8H2,1H3,(H,16,19). The number of carbonyl (C=O) groups is 2. The fourth-order valence-corrected chi connectivity index (χ4v) is 3.28. The molecule has 1 unspecified atom stereocenters. The number of hydrogen-bond donors (Lipinski definition) is 2. The number of nitrogens with zero attached hydrogens (tertiary/aromatic N) is 1. The van der Waals surface area contributed by atoms with E-state index < -0.39 is 17.9 Å². The molecule has 0 aliphatic carbocycles. The van der Waals surface area contributed by atoms with Gasteiger partial charge < -0.3 is 15.3 Å². The zero-order valence-corrected chi connectivity index (χ0v) is 13.4. The second-order valence-corrected chi connectivity index (χ2v) is 7.09. The van der Waals surface area contributed by atoms with E-state index in [1.807, 2.05) is 0 Å². The Morgan fingerprint density at radius 3 is 2.71 bits per heavy atom. The van der Waals surface area contributed by atoms with Crippen LogP contribution in [0.5, 0.6) is 0 Å². The van der Waals surface area contributed by atoms with Crippen molar-refractivity contribution in [2.75, 3.05) is 19.6 Å². The Hall–Kier alpha value is -1.11. The van der Waals surface area contributed by atoms with Gasteiger partial charge in [0.15, 0.2) is 0 Å². The van der Waals surface area contributed by atoms with Crippen molar-refractivity contribution in [3.63, 3.8) is 0 Å². The third-order valence-corrected chi connectivity index (χ3v) is 4.98. The van der Waals surface area contributed by atoms with Crippen molar-refractivity contribution in [2.45, 2.75) is 25.9 Å². The van der Waals surface area contributed by atoms with E-state index in [0.717, 1.165) is 12.8 Å². The van der Waals surface area contributed by atoms with Crippen molar-refractivity contribution in [1.82, 2.24) is 10.2 Å². The van der Waals surface area contributed by atoms with Crippen LogP contribution in [0.15, 0.2) is 12.1 Å². The first-order valence-corrected chi connectivity index (χ1v) is 8.17. The van der Waals surface area contributed by atoms with Crippen molar-refractivity contribution in [1.29, 1.82) is 0 Å². The van der Waals surface area contributed by atoms with Crippen LogP contribution in [0.3, 0.4) is 0 Å². The number of carbonyl (C=O) groups excluding carboxylic acids is 2. The molecule has 1 aliphatic heterocycles. The molecule has 116 valence electrons. The summed E-state index contributed by atoms with van der Waals surface area (Å²) in [5, 5.41) is 12.4. The largest absolute Gasteiger partial charge is 0.386 e. The molecule has 0 bridgehead atoms. The van der Waals surface area contributed by atoms with E-state index in [2.05, 4.69) is 12.2 Å². The zero-order chi connectivity index (χ0) is 15.4. The number of hydrogen-bond acceptors (Lipinski definition) is 4. The topological polar surface area (TPSA) is 69.6 Å². The molecule has 0 saturated carbocycles. The molecular formula is C14H19ClN2O3S. The molecule has 1 saturated heterocycles. The van der Waals surface area contributed by atoms with Crippen molar-refractivity contribution < 1.29 is 14.7 Å². The van der Waals surface area contributed by atoms with Gasteiger partial charge in [0.25, 0.3) is 0 Å². The molecule has 1 aromatic rings. The molecule has 2 N–H and O–H groups in total. The molecule has 2 heterocycles. The van der Waals surface area contributed by atoms with Gasteiger partial charge in [-0.25, -0.2) is 0 Å². The van der Waals surface area contributed by atoms with Gasteiger partial charge in [0.2, 0.25) is 0 Å². The number of aliphatic hydroxyl groups excluding tert-OH is 1. The molecular weight excluding hydrogens is 312 g/mol. The molecule has 1 atom stereocenters. The zero-order valence-electron chi connectivity index (χ0n) is 11.8. The van der Waals surface area contributed by atoms with Crippen LogP contribution >= 0.6 is 22.9 Å².